The maximum Gasteiger partial charge on any atom is 0.332 e. The minimum absolute atomic E-state index is 0.208. The summed E-state index contributed by atoms with van der Waals surface area (Å²) in [6.45, 7) is -0.556. The van der Waals surface area contributed by atoms with E-state index in [-0.39, 0.29) is 18.7 Å². The number of fused-ring (bicyclic) bond motifs is 1. The highest BCUT2D eigenvalue weighted by atomic mass is 35.5. The van der Waals surface area contributed by atoms with Gasteiger partial charge in [0.05, 0.1) is 22.8 Å². The third-order valence-electron chi connectivity index (χ3n) is 4.57. The Morgan fingerprint density at radius 1 is 1.03 bits per heavy atom. The number of carbonyl (C=O) groups is 1. The van der Waals surface area contributed by atoms with Crippen molar-refractivity contribution in [1.82, 2.24) is 9.13 Å². The van der Waals surface area contributed by atoms with Crippen LogP contribution in [0.1, 0.15) is 5.56 Å². The number of carbonyl (C=O) groups excluding carboxylic acids is 1. The van der Waals surface area contributed by atoms with Gasteiger partial charge in [-0.25, -0.2) is 9.18 Å². The van der Waals surface area contributed by atoms with E-state index in [9.17, 15) is 18.8 Å². The van der Waals surface area contributed by atoms with E-state index in [0.717, 1.165) is 15.9 Å². The second-order valence-electron chi connectivity index (χ2n) is 6.51. The molecule has 0 bridgehead atoms. The molecule has 0 unspecified atom stereocenters. The number of rotatable bonds is 5. The summed E-state index contributed by atoms with van der Waals surface area (Å²) < 4.78 is 16.6. The van der Waals surface area contributed by atoms with Crippen LogP contribution in [0.3, 0.4) is 0 Å². The van der Waals surface area contributed by atoms with Crippen molar-refractivity contribution in [3.63, 3.8) is 0 Å². The first kappa shape index (κ1) is 20.1. The molecule has 4 rings (SSSR count). The Morgan fingerprint density at radius 3 is 2.53 bits per heavy atom. The molecule has 9 heteroatoms. The van der Waals surface area contributed by atoms with Crippen LogP contribution >= 0.6 is 22.9 Å². The molecule has 2 aromatic carbocycles. The average Bonchev–Trinajstić information content (AvgIpc) is 3.21. The van der Waals surface area contributed by atoms with Crippen molar-refractivity contribution in [3.05, 3.63) is 97.2 Å². The quantitative estimate of drug-likeness (QED) is 0.511. The number of nitrogens with zero attached hydrogens (tertiary/aromatic N) is 2. The summed E-state index contributed by atoms with van der Waals surface area (Å²) in [6.07, 6.45) is 0. The summed E-state index contributed by atoms with van der Waals surface area (Å²) >= 11 is 7.23. The maximum absolute atomic E-state index is 14.1. The summed E-state index contributed by atoms with van der Waals surface area (Å²) in [5, 5.41) is 4.69. The molecule has 1 amide bonds. The molecule has 6 nitrogen and oxygen atoms in total. The van der Waals surface area contributed by atoms with Crippen molar-refractivity contribution < 1.29 is 9.18 Å². The number of halogens is 2. The van der Waals surface area contributed by atoms with Crippen LogP contribution in [-0.4, -0.2) is 15.0 Å². The Hall–Kier alpha value is -3.23. The molecule has 2 aromatic heterocycles. The third-order valence-corrected chi connectivity index (χ3v) is 5.79. The Morgan fingerprint density at radius 2 is 1.77 bits per heavy atom. The predicted molar refractivity (Wildman–Crippen MR) is 116 cm³/mol. The van der Waals surface area contributed by atoms with Gasteiger partial charge in [-0.15, -0.1) is 11.3 Å². The zero-order chi connectivity index (χ0) is 21.3. The number of aromatic nitrogens is 2. The summed E-state index contributed by atoms with van der Waals surface area (Å²) in [7, 11) is 0. The Bertz CT molecular complexity index is 1380. The fourth-order valence-corrected chi connectivity index (χ4v) is 4.14. The van der Waals surface area contributed by atoms with Gasteiger partial charge in [-0.05, 0) is 29.6 Å². The molecule has 0 aliphatic rings. The summed E-state index contributed by atoms with van der Waals surface area (Å²) in [4.78, 5) is 38.5. The number of para-hydroxylation sites is 1. The highest BCUT2D eigenvalue weighted by Gasteiger charge is 2.18. The third kappa shape index (κ3) is 3.79. The molecule has 30 heavy (non-hydrogen) atoms. The molecule has 4 aromatic rings. The molecule has 0 saturated heterocycles. The predicted octanol–water partition coefficient (Wildman–Crippen LogP) is 3.70. The van der Waals surface area contributed by atoms with Crippen LogP contribution in [0.2, 0.25) is 5.02 Å². The standard InChI is InChI=1S/C21H15ClFN3O3S/c22-14-6-2-4-8-16(14)24-18(27)12-25-17-9-10-30-19(17)20(28)26(21(25)29)11-13-5-1-3-7-15(13)23/h1-10H,11-12H2,(H,24,27). The van der Waals surface area contributed by atoms with E-state index in [0.29, 0.717) is 20.9 Å². The fraction of sp³-hybridized carbons (Fsp3) is 0.0952. The number of anilines is 1. The van der Waals surface area contributed by atoms with E-state index in [1.165, 1.54) is 22.8 Å². The largest absolute Gasteiger partial charge is 0.332 e. The van der Waals surface area contributed by atoms with Gasteiger partial charge in [0.1, 0.15) is 17.1 Å². The first-order valence-electron chi connectivity index (χ1n) is 8.94. The molecule has 0 aliphatic carbocycles. The SMILES string of the molecule is O=C(Cn1c(=O)n(Cc2ccccc2F)c(=O)c2sccc21)Nc1ccccc1Cl. The van der Waals surface area contributed by atoms with Gasteiger partial charge in [0.2, 0.25) is 5.91 Å². The molecule has 1 N–H and O–H groups in total. The van der Waals surface area contributed by atoms with Crippen molar-refractivity contribution in [1.29, 1.82) is 0 Å². The molecule has 0 radical (unpaired) electrons. The van der Waals surface area contributed by atoms with E-state index in [4.69, 9.17) is 11.6 Å². The van der Waals surface area contributed by atoms with E-state index in [1.807, 2.05) is 0 Å². The lowest BCUT2D eigenvalue weighted by Gasteiger charge is -2.13. The summed E-state index contributed by atoms with van der Waals surface area (Å²) in [6, 6.07) is 14.3. The molecule has 2 heterocycles. The zero-order valence-corrected chi connectivity index (χ0v) is 17.0. The van der Waals surface area contributed by atoms with Gasteiger partial charge in [0.25, 0.3) is 5.56 Å². The first-order chi connectivity index (χ1) is 14.5. The van der Waals surface area contributed by atoms with Gasteiger partial charge in [-0.2, -0.15) is 0 Å². The highest BCUT2D eigenvalue weighted by Crippen LogP contribution is 2.21. The molecule has 0 spiro atoms. The molecule has 152 valence electrons. The lowest BCUT2D eigenvalue weighted by Crippen LogP contribution is -2.41. The molecular formula is C21H15ClFN3O3S. The Kier molecular flexibility index (Phi) is 5.52. The number of amides is 1. The number of hydrogen-bond donors (Lipinski definition) is 1. The normalized spacial score (nSPS) is 11.0. The van der Waals surface area contributed by atoms with Crippen molar-refractivity contribution >= 4 is 44.7 Å². The average molecular weight is 444 g/mol. The topological polar surface area (TPSA) is 73.1 Å². The van der Waals surface area contributed by atoms with Crippen LogP contribution in [0, 0.1) is 5.82 Å². The van der Waals surface area contributed by atoms with Gasteiger partial charge < -0.3 is 5.32 Å². The lowest BCUT2D eigenvalue weighted by atomic mass is 10.2. The molecule has 0 atom stereocenters. The number of benzene rings is 2. The van der Waals surface area contributed by atoms with E-state index in [1.54, 1.807) is 41.8 Å². The van der Waals surface area contributed by atoms with Gasteiger partial charge in [-0.1, -0.05) is 41.9 Å². The second-order valence-corrected chi connectivity index (χ2v) is 7.84. The van der Waals surface area contributed by atoms with Gasteiger partial charge in [0.15, 0.2) is 0 Å². The first-order valence-corrected chi connectivity index (χ1v) is 10.2. The van der Waals surface area contributed by atoms with Gasteiger partial charge in [-0.3, -0.25) is 18.7 Å². The van der Waals surface area contributed by atoms with Crippen LogP contribution in [-0.2, 0) is 17.9 Å². The van der Waals surface area contributed by atoms with Crippen molar-refractivity contribution in [2.24, 2.45) is 0 Å². The fourth-order valence-electron chi connectivity index (χ4n) is 3.12. The zero-order valence-electron chi connectivity index (χ0n) is 15.5. The minimum atomic E-state index is -0.691. The molecule has 0 fully saturated rings. The van der Waals surface area contributed by atoms with E-state index >= 15 is 0 Å². The molecule has 0 saturated carbocycles. The Labute approximate surface area is 178 Å². The van der Waals surface area contributed by atoms with Crippen LogP contribution in [0.5, 0.6) is 0 Å². The lowest BCUT2D eigenvalue weighted by molar-refractivity contribution is -0.116. The van der Waals surface area contributed by atoms with Crippen LogP contribution in [0.25, 0.3) is 10.2 Å². The number of thiophene rings is 1. The van der Waals surface area contributed by atoms with E-state index < -0.39 is 23.0 Å². The molecular weight excluding hydrogens is 429 g/mol. The van der Waals surface area contributed by atoms with Crippen molar-refractivity contribution in [2.45, 2.75) is 13.1 Å². The number of hydrogen-bond acceptors (Lipinski definition) is 4. The van der Waals surface area contributed by atoms with E-state index in [2.05, 4.69) is 5.32 Å². The number of nitrogens with one attached hydrogen (secondary N) is 1. The molecule has 0 aliphatic heterocycles. The maximum atomic E-state index is 14.1. The van der Waals surface area contributed by atoms with Crippen molar-refractivity contribution in [2.75, 3.05) is 5.32 Å². The smallest absolute Gasteiger partial charge is 0.323 e. The van der Waals surface area contributed by atoms with Gasteiger partial charge >= 0.3 is 5.69 Å². The highest BCUT2D eigenvalue weighted by molar-refractivity contribution is 7.17. The van der Waals surface area contributed by atoms with Gasteiger partial charge in [0, 0.05) is 5.56 Å². The van der Waals surface area contributed by atoms with Crippen LogP contribution in [0.4, 0.5) is 10.1 Å². The Balaban J connectivity index is 1.75. The monoisotopic (exact) mass is 443 g/mol. The van der Waals surface area contributed by atoms with Crippen LogP contribution < -0.4 is 16.6 Å². The minimum Gasteiger partial charge on any atom is -0.323 e. The summed E-state index contributed by atoms with van der Waals surface area (Å²) in [5.74, 6) is -0.994. The second kappa shape index (κ2) is 8.25. The summed E-state index contributed by atoms with van der Waals surface area (Å²) in [5.41, 5.74) is -0.230. The van der Waals surface area contributed by atoms with Crippen LogP contribution in [0.15, 0.2) is 69.6 Å². The van der Waals surface area contributed by atoms with Crippen molar-refractivity contribution in [3.8, 4) is 0 Å².